The Morgan fingerprint density at radius 3 is 2.82 bits per heavy atom. The third kappa shape index (κ3) is 3.57. The maximum absolute atomic E-state index is 12.9. The second-order valence-electron chi connectivity index (χ2n) is 5.83. The van der Waals surface area contributed by atoms with Gasteiger partial charge in [-0.3, -0.25) is 4.90 Å². The van der Waals surface area contributed by atoms with Crippen LogP contribution in [0.3, 0.4) is 0 Å². The van der Waals surface area contributed by atoms with E-state index in [1.165, 1.54) is 31.5 Å². The molecule has 2 aromatic rings. The Kier molecular flexibility index (Phi) is 4.90. The highest BCUT2D eigenvalue weighted by Gasteiger charge is 2.22. The highest BCUT2D eigenvalue weighted by Crippen LogP contribution is 2.22. The number of benzene rings is 1. The smallest absolute Gasteiger partial charge is 0.134 e. The van der Waals surface area contributed by atoms with Gasteiger partial charge in [-0.25, -0.2) is 4.39 Å². The fraction of sp³-hybridized carbons (Fsp3) is 0.444. The van der Waals surface area contributed by atoms with Crippen LogP contribution in [0.5, 0.6) is 0 Å². The first-order valence-electron chi connectivity index (χ1n) is 8.05. The Bertz CT molecular complexity index is 593. The van der Waals surface area contributed by atoms with Crippen molar-refractivity contribution >= 4 is 0 Å². The van der Waals surface area contributed by atoms with Crippen LogP contribution in [-0.2, 0) is 6.54 Å². The number of rotatable bonds is 6. The van der Waals surface area contributed by atoms with E-state index >= 15 is 0 Å². The summed E-state index contributed by atoms with van der Waals surface area (Å²) in [6.07, 6.45) is 2.58. The van der Waals surface area contributed by atoms with Gasteiger partial charge in [-0.05, 0) is 62.3 Å². The zero-order valence-electron chi connectivity index (χ0n) is 13.0. The molecule has 2 heterocycles. The van der Waals surface area contributed by atoms with E-state index in [0.717, 1.165) is 36.7 Å². The largest absolute Gasteiger partial charge is 0.460 e. The van der Waals surface area contributed by atoms with Gasteiger partial charge in [0, 0.05) is 18.2 Å². The van der Waals surface area contributed by atoms with Crippen LogP contribution in [0.15, 0.2) is 40.8 Å². The molecule has 1 N–H and O–H groups in total. The third-order valence-corrected chi connectivity index (χ3v) is 4.37. The fourth-order valence-corrected chi connectivity index (χ4v) is 3.15. The molecule has 1 saturated heterocycles. The molecule has 0 radical (unpaired) electrons. The Hall–Kier alpha value is -1.65. The number of likely N-dealkylation sites (N-methyl/N-ethyl adjacent to an activating group) is 1. The van der Waals surface area contributed by atoms with Crippen LogP contribution in [-0.4, -0.2) is 30.6 Å². The molecular weight excluding hydrogens is 279 g/mol. The van der Waals surface area contributed by atoms with Crippen molar-refractivity contribution in [2.75, 3.05) is 19.6 Å². The van der Waals surface area contributed by atoms with Crippen LogP contribution >= 0.6 is 0 Å². The molecule has 118 valence electrons. The first kappa shape index (κ1) is 15.3. The lowest BCUT2D eigenvalue weighted by atomic mass is 10.2. The highest BCUT2D eigenvalue weighted by atomic mass is 19.1. The molecule has 22 heavy (non-hydrogen) atoms. The first-order valence-corrected chi connectivity index (χ1v) is 8.05. The summed E-state index contributed by atoms with van der Waals surface area (Å²) in [6, 6.07) is 11.0. The number of furan rings is 1. The van der Waals surface area contributed by atoms with Crippen molar-refractivity contribution in [3.8, 4) is 11.3 Å². The fourth-order valence-electron chi connectivity index (χ4n) is 3.15. The predicted molar refractivity (Wildman–Crippen MR) is 86.1 cm³/mol. The van der Waals surface area contributed by atoms with Crippen molar-refractivity contribution in [3.63, 3.8) is 0 Å². The van der Waals surface area contributed by atoms with Crippen LogP contribution in [0.4, 0.5) is 4.39 Å². The molecule has 0 spiro atoms. The van der Waals surface area contributed by atoms with Crippen LogP contribution in [0, 0.1) is 5.82 Å². The Morgan fingerprint density at radius 2 is 2.05 bits per heavy atom. The van der Waals surface area contributed by atoms with Crippen molar-refractivity contribution < 1.29 is 8.81 Å². The zero-order chi connectivity index (χ0) is 15.4. The van der Waals surface area contributed by atoms with E-state index in [-0.39, 0.29) is 5.82 Å². The predicted octanol–water partition coefficient (Wildman–Crippen LogP) is 3.66. The summed E-state index contributed by atoms with van der Waals surface area (Å²) >= 11 is 0. The second kappa shape index (κ2) is 7.07. The molecule has 1 aliphatic rings. The first-order chi connectivity index (χ1) is 10.8. The van der Waals surface area contributed by atoms with Gasteiger partial charge in [-0.1, -0.05) is 6.92 Å². The average Bonchev–Trinajstić information content (AvgIpc) is 3.17. The standard InChI is InChI=1S/C18H23FN2O/c1-2-21-11-3-4-16(21)12-20-13-17-9-10-18(22-17)14-5-7-15(19)8-6-14/h5-10,16,20H,2-4,11-13H2,1H3/t16-/m0/s1. The van der Waals surface area contributed by atoms with Crippen LogP contribution < -0.4 is 5.32 Å². The van der Waals surface area contributed by atoms with E-state index < -0.39 is 0 Å². The van der Waals surface area contributed by atoms with Gasteiger partial charge in [0.15, 0.2) is 0 Å². The van der Waals surface area contributed by atoms with Crippen molar-refractivity contribution in [2.45, 2.75) is 32.4 Å². The van der Waals surface area contributed by atoms with Gasteiger partial charge < -0.3 is 9.73 Å². The monoisotopic (exact) mass is 302 g/mol. The normalized spacial score (nSPS) is 18.9. The molecule has 0 unspecified atom stereocenters. The van der Waals surface area contributed by atoms with Gasteiger partial charge in [0.25, 0.3) is 0 Å². The quantitative estimate of drug-likeness (QED) is 0.882. The van der Waals surface area contributed by atoms with Crippen molar-refractivity contribution in [3.05, 3.63) is 48.0 Å². The summed E-state index contributed by atoms with van der Waals surface area (Å²) in [7, 11) is 0. The third-order valence-electron chi connectivity index (χ3n) is 4.37. The molecule has 3 rings (SSSR count). The van der Waals surface area contributed by atoms with Crippen LogP contribution in [0.1, 0.15) is 25.5 Å². The van der Waals surface area contributed by atoms with Gasteiger partial charge >= 0.3 is 0 Å². The molecule has 0 saturated carbocycles. The number of nitrogens with one attached hydrogen (secondary N) is 1. The zero-order valence-corrected chi connectivity index (χ0v) is 13.0. The number of hydrogen-bond acceptors (Lipinski definition) is 3. The van der Waals surface area contributed by atoms with Gasteiger partial charge in [0.05, 0.1) is 6.54 Å². The Labute approximate surface area is 131 Å². The van der Waals surface area contributed by atoms with E-state index in [9.17, 15) is 4.39 Å². The molecule has 0 aliphatic carbocycles. The Balaban J connectivity index is 1.52. The van der Waals surface area contributed by atoms with E-state index in [1.54, 1.807) is 12.1 Å². The lowest BCUT2D eigenvalue weighted by molar-refractivity contribution is 0.258. The molecule has 4 heteroatoms. The summed E-state index contributed by atoms with van der Waals surface area (Å²) < 4.78 is 18.8. The maximum atomic E-state index is 12.9. The summed E-state index contributed by atoms with van der Waals surface area (Å²) in [6.45, 7) is 6.30. The highest BCUT2D eigenvalue weighted by molar-refractivity contribution is 5.57. The minimum Gasteiger partial charge on any atom is -0.460 e. The number of hydrogen-bond donors (Lipinski definition) is 1. The van der Waals surface area contributed by atoms with E-state index in [1.807, 2.05) is 12.1 Å². The lowest BCUT2D eigenvalue weighted by Gasteiger charge is -2.22. The maximum Gasteiger partial charge on any atom is 0.134 e. The molecule has 1 aromatic heterocycles. The lowest BCUT2D eigenvalue weighted by Crippen LogP contribution is -2.37. The summed E-state index contributed by atoms with van der Waals surface area (Å²) in [5.74, 6) is 1.47. The molecule has 1 fully saturated rings. The van der Waals surface area contributed by atoms with Gasteiger partial charge in [0.1, 0.15) is 17.3 Å². The molecular formula is C18H23FN2O. The summed E-state index contributed by atoms with van der Waals surface area (Å²) in [5, 5.41) is 3.49. The molecule has 0 bridgehead atoms. The minimum atomic E-state index is -0.228. The summed E-state index contributed by atoms with van der Waals surface area (Å²) in [5.41, 5.74) is 0.903. The van der Waals surface area contributed by atoms with E-state index in [4.69, 9.17) is 4.42 Å². The Morgan fingerprint density at radius 1 is 1.23 bits per heavy atom. The van der Waals surface area contributed by atoms with Gasteiger partial charge in [-0.15, -0.1) is 0 Å². The minimum absolute atomic E-state index is 0.228. The number of nitrogens with zero attached hydrogens (tertiary/aromatic N) is 1. The van der Waals surface area contributed by atoms with Crippen molar-refractivity contribution in [1.82, 2.24) is 10.2 Å². The van der Waals surface area contributed by atoms with E-state index in [2.05, 4.69) is 17.1 Å². The summed E-state index contributed by atoms with van der Waals surface area (Å²) in [4.78, 5) is 2.53. The average molecular weight is 302 g/mol. The molecule has 1 aromatic carbocycles. The van der Waals surface area contributed by atoms with Crippen molar-refractivity contribution in [2.24, 2.45) is 0 Å². The molecule has 1 atom stereocenters. The van der Waals surface area contributed by atoms with Gasteiger partial charge in [-0.2, -0.15) is 0 Å². The molecule has 0 amide bonds. The van der Waals surface area contributed by atoms with Crippen LogP contribution in [0.2, 0.25) is 0 Å². The topological polar surface area (TPSA) is 28.4 Å². The van der Waals surface area contributed by atoms with E-state index in [0.29, 0.717) is 6.04 Å². The molecule has 3 nitrogen and oxygen atoms in total. The number of halogens is 1. The number of likely N-dealkylation sites (tertiary alicyclic amines) is 1. The van der Waals surface area contributed by atoms with Gasteiger partial charge in [0.2, 0.25) is 0 Å². The van der Waals surface area contributed by atoms with Crippen LogP contribution in [0.25, 0.3) is 11.3 Å². The molecule has 1 aliphatic heterocycles. The SMILES string of the molecule is CCN1CCC[C@H]1CNCc1ccc(-c2ccc(F)cc2)o1. The second-order valence-corrected chi connectivity index (χ2v) is 5.83. The van der Waals surface area contributed by atoms with Crippen molar-refractivity contribution in [1.29, 1.82) is 0 Å².